The average molecular weight is 369 g/mol. The standard InChI is InChI=1S/C21H23NO5/c1-21(2,3)16-8-10-17(11-9-16)22-19(24)13-27-20(25)14-26-18-7-5-4-6-15(18)12-23/h4-12H,13-14H2,1-3H3,(H,22,24). The molecule has 2 aromatic carbocycles. The zero-order chi connectivity index (χ0) is 19.9. The Kier molecular flexibility index (Phi) is 6.71. The van der Waals surface area contributed by atoms with Crippen LogP contribution in [-0.4, -0.2) is 31.4 Å². The topological polar surface area (TPSA) is 81.7 Å². The molecule has 0 aliphatic carbocycles. The second-order valence-electron chi connectivity index (χ2n) is 6.98. The number of hydrogen-bond acceptors (Lipinski definition) is 5. The van der Waals surface area contributed by atoms with E-state index in [2.05, 4.69) is 26.1 Å². The molecule has 0 saturated carbocycles. The Morgan fingerprint density at radius 1 is 1.00 bits per heavy atom. The van der Waals surface area contributed by atoms with E-state index in [4.69, 9.17) is 9.47 Å². The molecule has 0 aromatic heterocycles. The van der Waals surface area contributed by atoms with Gasteiger partial charge in [-0.05, 0) is 35.2 Å². The van der Waals surface area contributed by atoms with Crippen molar-refractivity contribution in [1.29, 1.82) is 0 Å². The van der Waals surface area contributed by atoms with E-state index in [0.717, 1.165) is 5.56 Å². The molecular formula is C21H23NO5. The molecule has 0 fully saturated rings. The van der Waals surface area contributed by atoms with Gasteiger partial charge in [-0.15, -0.1) is 0 Å². The Bertz CT molecular complexity index is 806. The highest BCUT2D eigenvalue weighted by atomic mass is 16.6. The molecule has 6 heteroatoms. The van der Waals surface area contributed by atoms with E-state index in [1.54, 1.807) is 36.4 Å². The monoisotopic (exact) mass is 369 g/mol. The Labute approximate surface area is 158 Å². The number of benzene rings is 2. The van der Waals surface area contributed by atoms with Crippen LogP contribution in [0.25, 0.3) is 0 Å². The summed E-state index contributed by atoms with van der Waals surface area (Å²) in [5, 5.41) is 2.66. The maximum atomic E-state index is 11.9. The van der Waals surface area contributed by atoms with Crippen LogP contribution in [0, 0.1) is 0 Å². The summed E-state index contributed by atoms with van der Waals surface area (Å²) in [5.41, 5.74) is 2.14. The zero-order valence-corrected chi connectivity index (χ0v) is 15.7. The maximum absolute atomic E-state index is 11.9. The largest absolute Gasteiger partial charge is 0.481 e. The summed E-state index contributed by atoms with van der Waals surface area (Å²) >= 11 is 0. The molecule has 0 radical (unpaired) electrons. The first kappa shape index (κ1) is 20.2. The predicted molar refractivity (Wildman–Crippen MR) is 102 cm³/mol. The van der Waals surface area contributed by atoms with Crippen LogP contribution in [0.3, 0.4) is 0 Å². The minimum atomic E-state index is -0.700. The summed E-state index contributed by atoms with van der Waals surface area (Å²) in [6, 6.07) is 14.0. The van der Waals surface area contributed by atoms with Gasteiger partial charge in [0.15, 0.2) is 19.5 Å². The maximum Gasteiger partial charge on any atom is 0.344 e. The fraction of sp³-hybridized carbons (Fsp3) is 0.286. The minimum absolute atomic E-state index is 0.0283. The van der Waals surface area contributed by atoms with Crippen molar-refractivity contribution < 1.29 is 23.9 Å². The molecule has 6 nitrogen and oxygen atoms in total. The Hall–Kier alpha value is -3.15. The molecule has 0 atom stereocenters. The number of anilines is 1. The fourth-order valence-corrected chi connectivity index (χ4v) is 2.28. The first-order valence-electron chi connectivity index (χ1n) is 8.52. The number of carbonyl (C=O) groups excluding carboxylic acids is 3. The number of esters is 1. The second kappa shape index (κ2) is 8.98. The van der Waals surface area contributed by atoms with Gasteiger partial charge in [0.05, 0.1) is 5.56 Å². The lowest BCUT2D eigenvalue weighted by molar-refractivity contribution is -0.149. The lowest BCUT2D eigenvalue weighted by Gasteiger charge is -2.19. The number of hydrogen-bond donors (Lipinski definition) is 1. The van der Waals surface area contributed by atoms with E-state index in [1.165, 1.54) is 0 Å². The third-order valence-corrected chi connectivity index (χ3v) is 3.79. The number of nitrogens with one attached hydrogen (secondary N) is 1. The molecule has 2 rings (SSSR count). The van der Waals surface area contributed by atoms with Gasteiger partial charge in [0, 0.05) is 5.69 Å². The van der Waals surface area contributed by atoms with Crippen molar-refractivity contribution in [1.82, 2.24) is 0 Å². The van der Waals surface area contributed by atoms with Crippen LogP contribution < -0.4 is 10.1 Å². The lowest BCUT2D eigenvalue weighted by atomic mass is 9.87. The van der Waals surface area contributed by atoms with E-state index in [0.29, 0.717) is 17.5 Å². The predicted octanol–water partition coefficient (Wildman–Crippen LogP) is 3.36. The summed E-state index contributed by atoms with van der Waals surface area (Å²) in [6.07, 6.45) is 0.638. The van der Waals surface area contributed by atoms with Crippen LogP contribution in [0.2, 0.25) is 0 Å². The molecule has 27 heavy (non-hydrogen) atoms. The number of ether oxygens (including phenoxy) is 2. The minimum Gasteiger partial charge on any atom is -0.481 e. The van der Waals surface area contributed by atoms with Gasteiger partial charge in [0.1, 0.15) is 5.75 Å². The van der Waals surface area contributed by atoms with E-state index < -0.39 is 25.1 Å². The first-order chi connectivity index (χ1) is 12.8. The van der Waals surface area contributed by atoms with Crippen molar-refractivity contribution >= 4 is 23.9 Å². The molecule has 2 aromatic rings. The number of amides is 1. The van der Waals surface area contributed by atoms with Crippen LogP contribution >= 0.6 is 0 Å². The highest BCUT2D eigenvalue weighted by Crippen LogP contribution is 2.23. The molecule has 142 valence electrons. The van der Waals surface area contributed by atoms with Crippen molar-refractivity contribution in [3.63, 3.8) is 0 Å². The number of rotatable bonds is 7. The van der Waals surface area contributed by atoms with Crippen LogP contribution in [0.1, 0.15) is 36.7 Å². The zero-order valence-electron chi connectivity index (χ0n) is 15.7. The summed E-state index contributed by atoms with van der Waals surface area (Å²) < 4.78 is 10.1. The van der Waals surface area contributed by atoms with Gasteiger partial charge < -0.3 is 14.8 Å². The highest BCUT2D eigenvalue weighted by Gasteiger charge is 2.14. The molecule has 0 bridgehead atoms. The van der Waals surface area contributed by atoms with Crippen molar-refractivity contribution in [2.24, 2.45) is 0 Å². The molecular weight excluding hydrogens is 346 g/mol. The van der Waals surface area contributed by atoms with Gasteiger partial charge in [-0.1, -0.05) is 45.0 Å². The number of para-hydroxylation sites is 1. The number of aldehydes is 1. The summed E-state index contributed by atoms with van der Waals surface area (Å²) in [7, 11) is 0. The van der Waals surface area contributed by atoms with Crippen LogP contribution in [0.5, 0.6) is 5.75 Å². The lowest BCUT2D eigenvalue weighted by Crippen LogP contribution is -2.23. The molecule has 1 N–H and O–H groups in total. The van der Waals surface area contributed by atoms with E-state index in [9.17, 15) is 14.4 Å². The fourth-order valence-electron chi connectivity index (χ4n) is 2.28. The van der Waals surface area contributed by atoms with Gasteiger partial charge in [0.25, 0.3) is 5.91 Å². The van der Waals surface area contributed by atoms with E-state index in [1.807, 2.05) is 12.1 Å². The molecule has 0 aliphatic rings. The van der Waals surface area contributed by atoms with Gasteiger partial charge >= 0.3 is 5.97 Å². The van der Waals surface area contributed by atoms with Crippen molar-refractivity contribution in [2.45, 2.75) is 26.2 Å². The summed E-state index contributed by atoms with van der Waals surface area (Å²) in [6.45, 7) is 5.51. The Balaban J connectivity index is 1.78. The SMILES string of the molecule is CC(C)(C)c1ccc(NC(=O)COC(=O)COc2ccccc2C=O)cc1. The summed E-state index contributed by atoms with van der Waals surface area (Å²) in [4.78, 5) is 34.5. The Morgan fingerprint density at radius 3 is 2.30 bits per heavy atom. The van der Waals surface area contributed by atoms with Gasteiger partial charge in [-0.2, -0.15) is 0 Å². The summed E-state index contributed by atoms with van der Waals surface area (Å²) in [5.74, 6) is -0.859. The van der Waals surface area contributed by atoms with E-state index >= 15 is 0 Å². The quantitative estimate of drug-likeness (QED) is 0.598. The van der Waals surface area contributed by atoms with Crippen molar-refractivity contribution in [2.75, 3.05) is 18.5 Å². The van der Waals surface area contributed by atoms with Crippen LogP contribution in [-0.2, 0) is 19.7 Å². The molecule has 0 heterocycles. The normalized spacial score (nSPS) is 10.8. The van der Waals surface area contributed by atoms with Gasteiger partial charge in [-0.25, -0.2) is 4.79 Å². The molecule has 0 saturated heterocycles. The first-order valence-corrected chi connectivity index (χ1v) is 8.52. The highest BCUT2D eigenvalue weighted by molar-refractivity contribution is 5.92. The van der Waals surface area contributed by atoms with Crippen molar-refractivity contribution in [3.8, 4) is 5.75 Å². The smallest absolute Gasteiger partial charge is 0.344 e. The molecule has 1 amide bonds. The number of carbonyl (C=O) groups is 3. The van der Waals surface area contributed by atoms with Gasteiger partial charge in [-0.3, -0.25) is 9.59 Å². The van der Waals surface area contributed by atoms with Crippen molar-refractivity contribution in [3.05, 3.63) is 59.7 Å². The van der Waals surface area contributed by atoms with Gasteiger partial charge in [0.2, 0.25) is 0 Å². The third kappa shape index (κ3) is 6.26. The Morgan fingerprint density at radius 2 is 1.67 bits per heavy atom. The second-order valence-corrected chi connectivity index (χ2v) is 6.98. The molecule has 0 spiro atoms. The molecule has 0 unspecified atom stereocenters. The average Bonchev–Trinajstić information content (AvgIpc) is 2.64. The van der Waals surface area contributed by atoms with Crippen LogP contribution in [0.4, 0.5) is 5.69 Å². The van der Waals surface area contributed by atoms with Crippen LogP contribution in [0.15, 0.2) is 48.5 Å². The van der Waals surface area contributed by atoms with E-state index in [-0.39, 0.29) is 11.2 Å². The third-order valence-electron chi connectivity index (χ3n) is 3.79. The molecule has 0 aliphatic heterocycles.